The topological polar surface area (TPSA) is 49.3 Å². The van der Waals surface area contributed by atoms with Crippen LogP contribution in [-0.2, 0) is 11.2 Å². The van der Waals surface area contributed by atoms with Gasteiger partial charge in [-0.1, -0.05) is 78.4 Å². The number of carbonyl (C=O) groups is 1. The summed E-state index contributed by atoms with van der Waals surface area (Å²) in [6, 6.07) is 8.66. The van der Waals surface area contributed by atoms with Crippen LogP contribution in [0.4, 0.5) is 0 Å². The van der Waals surface area contributed by atoms with Crippen LogP contribution in [0, 0.1) is 6.92 Å². The Kier molecular flexibility index (Phi) is 16.7. The summed E-state index contributed by atoms with van der Waals surface area (Å²) in [5.74, 6) is 0.0135. The van der Waals surface area contributed by atoms with Crippen LogP contribution in [0.1, 0.15) is 75.8 Å². The Hall–Kier alpha value is -2.39. The van der Waals surface area contributed by atoms with E-state index in [1.165, 1.54) is 36.8 Å². The fourth-order valence-corrected chi connectivity index (χ4v) is 3.28. The summed E-state index contributed by atoms with van der Waals surface area (Å²) in [6.07, 6.45) is 27.7. The summed E-state index contributed by atoms with van der Waals surface area (Å²) in [6.45, 7) is 3.94. The predicted molar refractivity (Wildman–Crippen MR) is 138 cm³/mol. The van der Waals surface area contributed by atoms with Gasteiger partial charge in [-0.25, -0.2) is 0 Å². The highest BCUT2D eigenvalue weighted by molar-refractivity contribution is 5.76. The van der Waals surface area contributed by atoms with Crippen LogP contribution in [0.3, 0.4) is 0 Å². The van der Waals surface area contributed by atoms with Crippen LogP contribution < -0.4 is 5.32 Å². The average Bonchev–Trinajstić information content (AvgIpc) is 2.78. The quantitative estimate of drug-likeness (QED) is 0.209. The summed E-state index contributed by atoms with van der Waals surface area (Å²) in [5.41, 5.74) is 2.80. The lowest BCUT2D eigenvalue weighted by atomic mass is 10.0. The molecule has 1 aromatic rings. The van der Waals surface area contributed by atoms with Crippen molar-refractivity contribution >= 4 is 5.91 Å². The van der Waals surface area contributed by atoms with Gasteiger partial charge in [0.2, 0.25) is 5.91 Å². The first-order valence-corrected chi connectivity index (χ1v) is 12.2. The van der Waals surface area contributed by atoms with E-state index in [4.69, 9.17) is 5.11 Å². The van der Waals surface area contributed by atoms with Crippen LogP contribution in [0.5, 0.6) is 0 Å². The van der Waals surface area contributed by atoms with Gasteiger partial charge in [0.25, 0.3) is 0 Å². The maximum absolute atomic E-state index is 11.6. The molecule has 0 saturated carbocycles. The first-order valence-electron chi connectivity index (χ1n) is 12.2. The van der Waals surface area contributed by atoms with Crippen molar-refractivity contribution in [2.45, 2.75) is 84.1 Å². The van der Waals surface area contributed by atoms with Crippen molar-refractivity contribution in [2.24, 2.45) is 0 Å². The molecule has 0 unspecified atom stereocenters. The molecule has 0 saturated heterocycles. The van der Waals surface area contributed by atoms with E-state index >= 15 is 0 Å². The molecule has 1 rings (SSSR count). The highest BCUT2D eigenvalue weighted by atomic mass is 16.3. The van der Waals surface area contributed by atoms with E-state index in [0.717, 1.165) is 32.1 Å². The van der Waals surface area contributed by atoms with Crippen LogP contribution in [0.15, 0.2) is 72.9 Å². The maximum atomic E-state index is 11.6. The monoisotopic (exact) mass is 437 g/mol. The number of aliphatic hydroxyl groups excluding tert-OH is 1. The molecular weight excluding hydrogens is 394 g/mol. The van der Waals surface area contributed by atoms with Gasteiger partial charge in [0.1, 0.15) is 0 Å². The van der Waals surface area contributed by atoms with E-state index in [0.29, 0.717) is 6.42 Å². The lowest BCUT2D eigenvalue weighted by Crippen LogP contribution is -2.34. The molecule has 3 heteroatoms. The summed E-state index contributed by atoms with van der Waals surface area (Å²) in [7, 11) is 0. The van der Waals surface area contributed by atoms with E-state index in [2.05, 4.69) is 85.1 Å². The summed E-state index contributed by atoms with van der Waals surface area (Å²) in [5, 5.41) is 11.7. The van der Waals surface area contributed by atoms with Crippen LogP contribution in [-0.4, -0.2) is 23.7 Å². The number of amides is 1. The van der Waals surface area contributed by atoms with Gasteiger partial charge >= 0.3 is 0 Å². The zero-order chi connectivity index (χ0) is 23.3. The van der Waals surface area contributed by atoms with Crippen molar-refractivity contribution in [1.82, 2.24) is 5.32 Å². The van der Waals surface area contributed by atoms with E-state index in [-0.39, 0.29) is 18.6 Å². The van der Waals surface area contributed by atoms with Gasteiger partial charge in [0.15, 0.2) is 0 Å². The molecule has 0 aliphatic carbocycles. The maximum Gasteiger partial charge on any atom is 0.220 e. The SMILES string of the molecule is Cc1cccc(CCCC/C=C\C/C=C\C/C=C\C/C=C\CCCC(=O)N[C@H](C)CO)c1. The second-order valence-electron chi connectivity index (χ2n) is 8.37. The van der Waals surface area contributed by atoms with Crippen molar-refractivity contribution in [2.75, 3.05) is 6.61 Å². The molecule has 0 fully saturated rings. The van der Waals surface area contributed by atoms with Crippen LogP contribution in [0.2, 0.25) is 0 Å². The number of nitrogens with one attached hydrogen (secondary N) is 1. The zero-order valence-electron chi connectivity index (χ0n) is 20.1. The third-order valence-electron chi connectivity index (χ3n) is 5.11. The number of unbranched alkanes of at least 4 members (excludes halogenated alkanes) is 3. The van der Waals surface area contributed by atoms with Crippen molar-refractivity contribution in [3.05, 3.63) is 84.0 Å². The number of hydrogen-bond donors (Lipinski definition) is 2. The van der Waals surface area contributed by atoms with Crippen LogP contribution >= 0.6 is 0 Å². The number of allylic oxidation sites excluding steroid dienone is 8. The Balaban J connectivity index is 1.94. The molecule has 1 atom stereocenters. The van der Waals surface area contributed by atoms with E-state index < -0.39 is 0 Å². The van der Waals surface area contributed by atoms with Crippen molar-refractivity contribution in [3.8, 4) is 0 Å². The van der Waals surface area contributed by atoms with Gasteiger partial charge < -0.3 is 10.4 Å². The molecule has 0 spiro atoms. The largest absolute Gasteiger partial charge is 0.394 e. The van der Waals surface area contributed by atoms with E-state index in [1.54, 1.807) is 6.92 Å². The first kappa shape index (κ1) is 27.6. The van der Waals surface area contributed by atoms with Gasteiger partial charge in [-0.2, -0.15) is 0 Å². The number of benzene rings is 1. The highest BCUT2D eigenvalue weighted by Crippen LogP contribution is 2.09. The molecule has 1 amide bonds. The summed E-state index contributed by atoms with van der Waals surface area (Å²) in [4.78, 5) is 11.6. The second kappa shape index (κ2) is 19.3. The molecule has 2 N–H and O–H groups in total. The lowest BCUT2D eigenvalue weighted by Gasteiger charge is -2.09. The molecule has 1 aromatic carbocycles. The Labute approximate surface area is 196 Å². The highest BCUT2D eigenvalue weighted by Gasteiger charge is 2.04. The number of aryl methyl sites for hydroxylation is 2. The first-order chi connectivity index (χ1) is 15.6. The molecule has 0 radical (unpaired) electrons. The fourth-order valence-electron chi connectivity index (χ4n) is 3.28. The van der Waals surface area contributed by atoms with E-state index in [1.807, 2.05) is 0 Å². The molecule has 0 bridgehead atoms. The number of carbonyl (C=O) groups excluding carboxylic acids is 1. The molecule has 3 nitrogen and oxygen atoms in total. The third kappa shape index (κ3) is 16.3. The number of hydrogen-bond acceptors (Lipinski definition) is 2. The molecule has 176 valence electrons. The second-order valence-corrected chi connectivity index (χ2v) is 8.37. The van der Waals surface area contributed by atoms with Gasteiger partial charge in [0.05, 0.1) is 6.61 Å². The van der Waals surface area contributed by atoms with E-state index in [9.17, 15) is 4.79 Å². The van der Waals surface area contributed by atoms with Crippen molar-refractivity contribution in [1.29, 1.82) is 0 Å². The third-order valence-corrected chi connectivity index (χ3v) is 5.11. The summed E-state index contributed by atoms with van der Waals surface area (Å²) < 4.78 is 0. The number of aliphatic hydroxyl groups is 1. The molecule has 32 heavy (non-hydrogen) atoms. The minimum Gasteiger partial charge on any atom is -0.394 e. The van der Waals surface area contributed by atoms with Gasteiger partial charge in [-0.15, -0.1) is 0 Å². The predicted octanol–water partition coefficient (Wildman–Crippen LogP) is 6.77. The molecule has 0 heterocycles. The molecule has 0 aliphatic heterocycles. The van der Waals surface area contributed by atoms with Gasteiger partial charge in [0, 0.05) is 12.5 Å². The smallest absolute Gasteiger partial charge is 0.220 e. The minimum atomic E-state index is -0.159. The van der Waals surface area contributed by atoms with Crippen LogP contribution in [0.25, 0.3) is 0 Å². The Morgan fingerprint density at radius 3 is 2.09 bits per heavy atom. The number of rotatable bonds is 17. The Morgan fingerprint density at radius 2 is 1.50 bits per heavy atom. The molecule has 0 aromatic heterocycles. The van der Waals surface area contributed by atoms with Gasteiger partial charge in [-0.3, -0.25) is 4.79 Å². The molecular formula is C29H43NO2. The fraction of sp³-hybridized carbons (Fsp3) is 0.483. The lowest BCUT2D eigenvalue weighted by molar-refractivity contribution is -0.122. The zero-order valence-corrected chi connectivity index (χ0v) is 20.1. The standard InChI is InChI=1S/C29H43NO2/c1-26-20-19-22-28(24-26)21-17-15-13-11-9-7-5-3-4-6-8-10-12-14-16-18-23-29(32)30-27(2)25-31/h3,5-6,8-9,11-12,14,19-20,22,24,27,31H,4,7,10,13,15-18,21,23,25H2,1-2H3,(H,30,32)/b5-3-,8-6-,11-9-,14-12-/t27-/m1/s1. The Morgan fingerprint density at radius 1 is 0.906 bits per heavy atom. The normalized spacial score (nSPS) is 13.1. The Bertz CT molecular complexity index is 730. The van der Waals surface area contributed by atoms with Crippen molar-refractivity contribution < 1.29 is 9.90 Å². The molecule has 0 aliphatic rings. The van der Waals surface area contributed by atoms with Gasteiger partial charge in [-0.05, 0) is 77.2 Å². The minimum absolute atomic E-state index is 0.0135. The van der Waals surface area contributed by atoms with Crippen molar-refractivity contribution in [3.63, 3.8) is 0 Å². The average molecular weight is 438 g/mol. The summed E-state index contributed by atoms with van der Waals surface area (Å²) >= 11 is 0.